The normalized spacial score (nSPS) is 16.8. The highest BCUT2D eigenvalue weighted by atomic mass is 16.2. The lowest BCUT2D eigenvalue weighted by atomic mass is 10.1. The standard InChI is InChI=1S/C16H23N3O/c1-5-17-15-13-8-7-12(9-14(13)18-16(15)20)19(6-2)10-11(3)4/h7-9,15,17H,3,5-6,10H2,1-2,4H3,(H,18,20). The van der Waals surface area contributed by atoms with Crippen molar-refractivity contribution in [2.75, 3.05) is 29.9 Å². The molecular weight excluding hydrogens is 250 g/mol. The first-order valence-electron chi connectivity index (χ1n) is 7.14. The second-order valence-corrected chi connectivity index (χ2v) is 5.22. The van der Waals surface area contributed by atoms with Gasteiger partial charge in [0.05, 0.1) is 0 Å². The van der Waals surface area contributed by atoms with E-state index in [0.717, 1.165) is 42.1 Å². The summed E-state index contributed by atoms with van der Waals surface area (Å²) < 4.78 is 0. The van der Waals surface area contributed by atoms with Crippen molar-refractivity contribution in [3.63, 3.8) is 0 Å². The van der Waals surface area contributed by atoms with Crippen LogP contribution in [0.1, 0.15) is 32.4 Å². The van der Waals surface area contributed by atoms with Crippen molar-refractivity contribution in [3.8, 4) is 0 Å². The smallest absolute Gasteiger partial charge is 0.246 e. The van der Waals surface area contributed by atoms with E-state index in [1.807, 2.05) is 19.9 Å². The van der Waals surface area contributed by atoms with Crippen LogP contribution in [0.2, 0.25) is 0 Å². The van der Waals surface area contributed by atoms with Crippen LogP contribution in [-0.4, -0.2) is 25.5 Å². The van der Waals surface area contributed by atoms with Crippen molar-refractivity contribution >= 4 is 17.3 Å². The lowest BCUT2D eigenvalue weighted by molar-refractivity contribution is -0.117. The van der Waals surface area contributed by atoms with Gasteiger partial charge in [0.25, 0.3) is 0 Å². The van der Waals surface area contributed by atoms with Crippen molar-refractivity contribution < 1.29 is 4.79 Å². The fourth-order valence-corrected chi connectivity index (χ4v) is 2.57. The van der Waals surface area contributed by atoms with Gasteiger partial charge in [0.2, 0.25) is 5.91 Å². The largest absolute Gasteiger partial charge is 0.368 e. The van der Waals surface area contributed by atoms with Gasteiger partial charge in [0, 0.05) is 30.0 Å². The molecule has 1 aromatic rings. The minimum atomic E-state index is -0.222. The quantitative estimate of drug-likeness (QED) is 0.783. The lowest BCUT2D eigenvalue weighted by Gasteiger charge is -2.24. The number of hydrogen-bond acceptors (Lipinski definition) is 3. The Bertz CT molecular complexity index is 524. The number of benzene rings is 1. The van der Waals surface area contributed by atoms with Crippen LogP contribution in [0.5, 0.6) is 0 Å². The number of nitrogens with zero attached hydrogens (tertiary/aromatic N) is 1. The Hall–Kier alpha value is -1.81. The summed E-state index contributed by atoms with van der Waals surface area (Å²) in [4.78, 5) is 14.2. The molecule has 1 aromatic carbocycles. The molecule has 2 rings (SSSR count). The molecule has 0 radical (unpaired) electrons. The predicted molar refractivity (Wildman–Crippen MR) is 84.2 cm³/mol. The minimum absolute atomic E-state index is 0.0296. The van der Waals surface area contributed by atoms with Crippen LogP contribution in [0.4, 0.5) is 11.4 Å². The zero-order valence-corrected chi connectivity index (χ0v) is 12.5. The maximum absolute atomic E-state index is 11.9. The third-order valence-corrected chi connectivity index (χ3v) is 3.48. The first-order valence-corrected chi connectivity index (χ1v) is 7.14. The van der Waals surface area contributed by atoms with Gasteiger partial charge in [-0.25, -0.2) is 0 Å². The van der Waals surface area contributed by atoms with E-state index in [1.54, 1.807) is 0 Å². The number of nitrogens with one attached hydrogen (secondary N) is 2. The summed E-state index contributed by atoms with van der Waals surface area (Å²) in [6.45, 7) is 12.6. The molecule has 20 heavy (non-hydrogen) atoms. The molecule has 0 saturated heterocycles. The Balaban J connectivity index is 2.27. The summed E-state index contributed by atoms with van der Waals surface area (Å²) in [6.07, 6.45) is 0. The number of carbonyl (C=O) groups excluding carboxylic acids is 1. The van der Waals surface area contributed by atoms with Crippen molar-refractivity contribution in [1.82, 2.24) is 5.32 Å². The molecule has 1 amide bonds. The van der Waals surface area contributed by atoms with Crippen molar-refractivity contribution in [3.05, 3.63) is 35.9 Å². The van der Waals surface area contributed by atoms with E-state index in [4.69, 9.17) is 0 Å². The van der Waals surface area contributed by atoms with E-state index in [-0.39, 0.29) is 11.9 Å². The molecule has 1 unspecified atom stereocenters. The van der Waals surface area contributed by atoms with Crippen molar-refractivity contribution in [2.45, 2.75) is 26.8 Å². The van der Waals surface area contributed by atoms with Crippen molar-refractivity contribution in [1.29, 1.82) is 0 Å². The maximum Gasteiger partial charge on any atom is 0.246 e. The second-order valence-electron chi connectivity index (χ2n) is 5.22. The number of fused-ring (bicyclic) bond motifs is 1. The summed E-state index contributed by atoms with van der Waals surface area (Å²) in [6, 6.07) is 5.95. The van der Waals surface area contributed by atoms with E-state index < -0.39 is 0 Å². The maximum atomic E-state index is 11.9. The summed E-state index contributed by atoms with van der Waals surface area (Å²) in [7, 11) is 0. The number of anilines is 2. The van der Waals surface area contributed by atoms with Crippen LogP contribution in [0.15, 0.2) is 30.4 Å². The zero-order chi connectivity index (χ0) is 14.7. The Labute approximate surface area is 120 Å². The fraction of sp³-hybridized carbons (Fsp3) is 0.438. The molecule has 2 N–H and O–H groups in total. The van der Waals surface area contributed by atoms with Crippen molar-refractivity contribution in [2.24, 2.45) is 0 Å². The van der Waals surface area contributed by atoms with Gasteiger partial charge in [-0.05, 0) is 32.5 Å². The first-order chi connectivity index (χ1) is 9.56. The average molecular weight is 273 g/mol. The van der Waals surface area contributed by atoms with Crippen LogP contribution < -0.4 is 15.5 Å². The van der Waals surface area contributed by atoms with Gasteiger partial charge in [-0.2, -0.15) is 0 Å². The number of hydrogen-bond donors (Lipinski definition) is 2. The first kappa shape index (κ1) is 14.6. The van der Waals surface area contributed by atoms with Gasteiger partial charge in [-0.15, -0.1) is 0 Å². The van der Waals surface area contributed by atoms with E-state index in [9.17, 15) is 4.79 Å². The number of carbonyl (C=O) groups is 1. The van der Waals surface area contributed by atoms with Gasteiger partial charge in [0.1, 0.15) is 6.04 Å². The van der Waals surface area contributed by atoms with Gasteiger partial charge < -0.3 is 15.5 Å². The molecule has 4 heteroatoms. The molecule has 1 atom stereocenters. The number of rotatable bonds is 6. The molecule has 0 saturated carbocycles. The van der Waals surface area contributed by atoms with Gasteiger partial charge in [-0.3, -0.25) is 4.79 Å². The molecule has 1 aliphatic heterocycles. The summed E-state index contributed by atoms with van der Waals surface area (Å²) in [5.74, 6) is 0.0296. The van der Waals surface area contributed by atoms with Crippen LogP contribution in [0.25, 0.3) is 0 Å². The molecule has 0 aromatic heterocycles. The number of likely N-dealkylation sites (N-methyl/N-ethyl adjacent to an activating group) is 2. The second kappa shape index (κ2) is 6.09. The van der Waals surface area contributed by atoms with Gasteiger partial charge >= 0.3 is 0 Å². The molecule has 1 aliphatic rings. The third kappa shape index (κ3) is 2.85. The summed E-state index contributed by atoms with van der Waals surface area (Å²) in [5, 5.41) is 6.16. The minimum Gasteiger partial charge on any atom is -0.368 e. The van der Waals surface area contributed by atoms with Crippen LogP contribution in [0.3, 0.4) is 0 Å². The molecule has 0 aliphatic carbocycles. The lowest BCUT2D eigenvalue weighted by Crippen LogP contribution is -2.27. The highest BCUT2D eigenvalue weighted by molar-refractivity contribution is 6.03. The van der Waals surface area contributed by atoms with Crippen LogP contribution in [-0.2, 0) is 4.79 Å². The van der Waals surface area contributed by atoms with Crippen LogP contribution in [0, 0.1) is 0 Å². The fourth-order valence-electron chi connectivity index (χ4n) is 2.57. The SMILES string of the molecule is C=C(C)CN(CC)c1ccc2c(c1)NC(=O)C2NCC. The molecule has 0 bridgehead atoms. The Morgan fingerprint density at radius 3 is 2.80 bits per heavy atom. The van der Waals surface area contributed by atoms with Gasteiger partial charge in [0.15, 0.2) is 0 Å². The molecule has 4 nitrogen and oxygen atoms in total. The van der Waals surface area contributed by atoms with E-state index in [1.165, 1.54) is 0 Å². The Morgan fingerprint density at radius 2 is 2.20 bits per heavy atom. The average Bonchev–Trinajstić information content (AvgIpc) is 2.72. The summed E-state index contributed by atoms with van der Waals surface area (Å²) >= 11 is 0. The summed E-state index contributed by atoms with van der Waals surface area (Å²) in [5.41, 5.74) is 4.19. The molecule has 108 valence electrons. The van der Waals surface area contributed by atoms with Crippen LogP contribution >= 0.6 is 0 Å². The third-order valence-electron chi connectivity index (χ3n) is 3.48. The molecule has 0 spiro atoms. The van der Waals surface area contributed by atoms with E-state index >= 15 is 0 Å². The van der Waals surface area contributed by atoms with E-state index in [0.29, 0.717) is 0 Å². The monoisotopic (exact) mass is 273 g/mol. The highest BCUT2D eigenvalue weighted by Gasteiger charge is 2.29. The molecular formula is C16H23N3O. The number of amides is 1. The molecule has 0 fully saturated rings. The predicted octanol–water partition coefficient (Wildman–Crippen LogP) is 2.69. The Morgan fingerprint density at radius 1 is 1.45 bits per heavy atom. The highest BCUT2D eigenvalue weighted by Crippen LogP contribution is 2.34. The molecule has 1 heterocycles. The Kier molecular flexibility index (Phi) is 4.45. The topological polar surface area (TPSA) is 44.4 Å². The zero-order valence-electron chi connectivity index (χ0n) is 12.5. The van der Waals surface area contributed by atoms with E-state index in [2.05, 4.69) is 41.2 Å². The van der Waals surface area contributed by atoms with Gasteiger partial charge in [-0.1, -0.05) is 25.1 Å².